The standard InChI is InChI=1S/C17H15N3O2/c1-13(22-19-12-14-6-3-2-4-7-14)17(21)20-16-9-5-8-15(10-16)11-18/h2-10,12-13H,1H3,(H,20,21)/b19-12+. The molecule has 1 N–H and O–H groups in total. The van der Waals surface area contributed by atoms with Crippen molar-refractivity contribution < 1.29 is 9.63 Å². The van der Waals surface area contributed by atoms with Gasteiger partial charge >= 0.3 is 0 Å². The maximum Gasteiger partial charge on any atom is 0.267 e. The summed E-state index contributed by atoms with van der Waals surface area (Å²) in [7, 11) is 0. The van der Waals surface area contributed by atoms with Gasteiger partial charge in [0.1, 0.15) is 0 Å². The normalized spacial score (nSPS) is 11.6. The first-order chi connectivity index (χ1) is 10.7. The Kier molecular flexibility index (Phi) is 5.27. The molecule has 1 unspecified atom stereocenters. The molecule has 110 valence electrons. The van der Waals surface area contributed by atoms with Gasteiger partial charge in [-0.25, -0.2) is 0 Å². The largest absolute Gasteiger partial charge is 0.383 e. The van der Waals surface area contributed by atoms with Gasteiger partial charge in [0.05, 0.1) is 17.8 Å². The van der Waals surface area contributed by atoms with Gasteiger partial charge in [-0.2, -0.15) is 5.26 Å². The van der Waals surface area contributed by atoms with Crippen LogP contribution in [-0.4, -0.2) is 18.2 Å². The van der Waals surface area contributed by atoms with Crippen LogP contribution in [0.4, 0.5) is 5.69 Å². The number of nitrogens with one attached hydrogen (secondary N) is 1. The number of nitrogens with zero attached hydrogens (tertiary/aromatic N) is 2. The Labute approximate surface area is 128 Å². The second-order valence-electron chi connectivity index (χ2n) is 4.57. The van der Waals surface area contributed by atoms with Gasteiger partial charge in [0.2, 0.25) is 6.10 Å². The summed E-state index contributed by atoms with van der Waals surface area (Å²) in [5, 5.41) is 15.3. The summed E-state index contributed by atoms with van der Waals surface area (Å²) in [6, 6.07) is 18.1. The van der Waals surface area contributed by atoms with Crippen molar-refractivity contribution in [3.63, 3.8) is 0 Å². The fourth-order valence-corrected chi connectivity index (χ4v) is 1.68. The van der Waals surface area contributed by atoms with Crippen LogP contribution < -0.4 is 5.32 Å². The second kappa shape index (κ2) is 7.60. The van der Waals surface area contributed by atoms with Crippen LogP contribution in [0.5, 0.6) is 0 Å². The molecule has 2 rings (SSSR count). The lowest BCUT2D eigenvalue weighted by molar-refractivity contribution is -0.126. The smallest absolute Gasteiger partial charge is 0.267 e. The maximum absolute atomic E-state index is 12.0. The van der Waals surface area contributed by atoms with Crippen LogP contribution in [0.1, 0.15) is 18.1 Å². The molecule has 5 heteroatoms. The third-order valence-electron chi connectivity index (χ3n) is 2.85. The van der Waals surface area contributed by atoms with Crippen LogP contribution in [0.3, 0.4) is 0 Å². The number of amides is 1. The van der Waals surface area contributed by atoms with Crippen LogP contribution in [0.25, 0.3) is 0 Å². The van der Waals surface area contributed by atoms with E-state index in [9.17, 15) is 4.79 Å². The Balaban J connectivity index is 1.89. The lowest BCUT2D eigenvalue weighted by Gasteiger charge is -2.10. The van der Waals surface area contributed by atoms with Crippen molar-refractivity contribution in [1.29, 1.82) is 5.26 Å². The zero-order valence-electron chi connectivity index (χ0n) is 12.1. The molecule has 0 aliphatic heterocycles. The molecule has 2 aromatic rings. The van der Waals surface area contributed by atoms with Gasteiger partial charge in [-0.15, -0.1) is 0 Å². The molecule has 0 aliphatic carbocycles. The quantitative estimate of drug-likeness (QED) is 0.680. The number of hydrogen-bond donors (Lipinski definition) is 1. The zero-order chi connectivity index (χ0) is 15.8. The Bertz CT molecular complexity index is 705. The van der Waals surface area contributed by atoms with E-state index < -0.39 is 6.10 Å². The number of rotatable bonds is 5. The van der Waals surface area contributed by atoms with Gasteiger partial charge in [-0.3, -0.25) is 4.79 Å². The van der Waals surface area contributed by atoms with Crippen molar-refractivity contribution in [1.82, 2.24) is 0 Å². The fraction of sp³-hybridized carbons (Fsp3) is 0.118. The van der Waals surface area contributed by atoms with Crippen LogP contribution >= 0.6 is 0 Å². The summed E-state index contributed by atoms with van der Waals surface area (Å²) in [6.45, 7) is 1.60. The maximum atomic E-state index is 12.0. The second-order valence-corrected chi connectivity index (χ2v) is 4.57. The molecular formula is C17H15N3O2. The Morgan fingerprint density at radius 2 is 2.05 bits per heavy atom. The summed E-state index contributed by atoms with van der Waals surface area (Å²) in [6.07, 6.45) is 0.797. The van der Waals surface area contributed by atoms with Crippen molar-refractivity contribution in [3.8, 4) is 6.07 Å². The Hall–Kier alpha value is -3.13. The summed E-state index contributed by atoms with van der Waals surface area (Å²) < 4.78 is 0. The molecule has 0 spiro atoms. The summed E-state index contributed by atoms with van der Waals surface area (Å²) in [4.78, 5) is 17.1. The van der Waals surface area contributed by atoms with E-state index in [1.807, 2.05) is 36.4 Å². The van der Waals surface area contributed by atoms with Gasteiger partial charge in [0, 0.05) is 5.69 Å². The van der Waals surface area contributed by atoms with Crippen molar-refractivity contribution in [2.45, 2.75) is 13.0 Å². The Morgan fingerprint density at radius 1 is 1.27 bits per heavy atom. The van der Waals surface area contributed by atoms with Crippen molar-refractivity contribution in [2.75, 3.05) is 5.32 Å². The molecule has 1 amide bonds. The van der Waals surface area contributed by atoms with E-state index in [0.29, 0.717) is 11.3 Å². The van der Waals surface area contributed by atoms with Gasteiger partial charge in [-0.1, -0.05) is 41.6 Å². The van der Waals surface area contributed by atoms with E-state index in [2.05, 4.69) is 10.5 Å². The first kappa shape index (κ1) is 15.3. The average molecular weight is 293 g/mol. The van der Waals surface area contributed by atoms with Gasteiger partial charge in [0.25, 0.3) is 5.91 Å². The molecule has 0 aromatic heterocycles. The molecule has 0 heterocycles. The van der Waals surface area contributed by atoms with Gasteiger partial charge in [-0.05, 0) is 30.7 Å². The van der Waals surface area contributed by atoms with Gasteiger partial charge < -0.3 is 10.2 Å². The molecule has 1 atom stereocenters. The van der Waals surface area contributed by atoms with Crippen LogP contribution in [-0.2, 0) is 9.63 Å². The molecule has 0 fully saturated rings. The highest BCUT2D eigenvalue weighted by Gasteiger charge is 2.14. The summed E-state index contributed by atoms with van der Waals surface area (Å²) in [5.74, 6) is -0.333. The van der Waals surface area contributed by atoms with E-state index in [4.69, 9.17) is 10.1 Å². The number of benzene rings is 2. The van der Waals surface area contributed by atoms with E-state index in [0.717, 1.165) is 5.56 Å². The van der Waals surface area contributed by atoms with Crippen molar-refractivity contribution >= 4 is 17.8 Å². The predicted molar refractivity (Wildman–Crippen MR) is 84.4 cm³/mol. The summed E-state index contributed by atoms with van der Waals surface area (Å²) >= 11 is 0. The minimum atomic E-state index is -0.745. The lowest BCUT2D eigenvalue weighted by Crippen LogP contribution is -2.26. The third-order valence-corrected chi connectivity index (χ3v) is 2.85. The fourth-order valence-electron chi connectivity index (χ4n) is 1.68. The number of hydrogen-bond acceptors (Lipinski definition) is 4. The van der Waals surface area contributed by atoms with E-state index >= 15 is 0 Å². The van der Waals surface area contributed by atoms with Crippen LogP contribution in [0.15, 0.2) is 59.8 Å². The molecule has 5 nitrogen and oxygen atoms in total. The Morgan fingerprint density at radius 3 is 2.77 bits per heavy atom. The number of carbonyl (C=O) groups excluding carboxylic acids is 1. The number of oxime groups is 1. The minimum absolute atomic E-state index is 0.333. The zero-order valence-corrected chi connectivity index (χ0v) is 12.1. The van der Waals surface area contributed by atoms with Crippen LogP contribution in [0, 0.1) is 11.3 Å². The SMILES string of the molecule is CC(O/N=C/c1ccccc1)C(=O)Nc1cccc(C#N)c1. The van der Waals surface area contributed by atoms with Crippen molar-refractivity contribution in [2.24, 2.45) is 5.16 Å². The number of anilines is 1. The van der Waals surface area contributed by atoms with E-state index in [-0.39, 0.29) is 5.91 Å². The highest BCUT2D eigenvalue weighted by Crippen LogP contribution is 2.10. The average Bonchev–Trinajstić information content (AvgIpc) is 2.56. The summed E-state index contributed by atoms with van der Waals surface area (Å²) in [5.41, 5.74) is 1.91. The number of carbonyl (C=O) groups is 1. The molecule has 0 radical (unpaired) electrons. The molecule has 0 aliphatic rings. The van der Waals surface area contributed by atoms with Crippen molar-refractivity contribution in [3.05, 3.63) is 65.7 Å². The van der Waals surface area contributed by atoms with E-state index in [1.165, 1.54) is 0 Å². The monoisotopic (exact) mass is 293 g/mol. The first-order valence-corrected chi connectivity index (χ1v) is 6.74. The first-order valence-electron chi connectivity index (χ1n) is 6.74. The molecule has 0 saturated carbocycles. The lowest BCUT2D eigenvalue weighted by atomic mass is 10.2. The molecule has 0 bridgehead atoms. The molecule has 22 heavy (non-hydrogen) atoms. The molecule has 2 aromatic carbocycles. The molecule has 0 saturated heterocycles. The highest BCUT2D eigenvalue weighted by molar-refractivity contribution is 5.94. The number of nitriles is 1. The van der Waals surface area contributed by atoms with Gasteiger partial charge in [0.15, 0.2) is 0 Å². The van der Waals surface area contributed by atoms with E-state index in [1.54, 1.807) is 37.4 Å². The third kappa shape index (κ3) is 4.46. The van der Waals surface area contributed by atoms with Crippen LogP contribution in [0.2, 0.25) is 0 Å². The highest BCUT2D eigenvalue weighted by atomic mass is 16.6. The molecular weight excluding hydrogens is 278 g/mol. The topological polar surface area (TPSA) is 74.5 Å². The predicted octanol–water partition coefficient (Wildman–Crippen LogP) is 2.94. The minimum Gasteiger partial charge on any atom is -0.383 e.